The van der Waals surface area contributed by atoms with E-state index in [4.69, 9.17) is 0 Å². The van der Waals surface area contributed by atoms with Crippen LogP contribution in [0.25, 0.3) is 0 Å². The Kier molecular flexibility index (Phi) is 10.6. The highest BCUT2D eigenvalue weighted by molar-refractivity contribution is 5.85. The van der Waals surface area contributed by atoms with Gasteiger partial charge in [-0.15, -0.1) is 24.8 Å². The van der Waals surface area contributed by atoms with Crippen LogP contribution < -0.4 is 10.6 Å². The SMILES string of the molecule is Cc1nn(C)c(C)c1CC(C)C(=O)NCCN1CCNCC1.Cl.Cl. The number of amides is 1. The lowest BCUT2D eigenvalue weighted by Crippen LogP contribution is -2.46. The normalized spacial score (nSPS) is 16.0. The van der Waals surface area contributed by atoms with Crippen molar-refractivity contribution in [1.29, 1.82) is 0 Å². The third-order valence-corrected chi connectivity index (χ3v) is 4.55. The molecule has 2 heterocycles. The second-order valence-corrected chi connectivity index (χ2v) is 6.26. The Morgan fingerprint density at radius 1 is 1.29 bits per heavy atom. The maximum atomic E-state index is 12.2. The number of aromatic nitrogens is 2. The van der Waals surface area contributed by atoms with Gasteiger partial charge in [0, 0.05) is 57.9 Å². The summed E-state index contributed by atoms with van der Waals surface area (Å²) in [7, 11) is 1.95. The number of carbonyl (C=O) groups excluding carboxylic acids is 1. The van der Waals surface area contributed by atoms with Crippen molar-refractivity contribution in [1.82, 2.24) is 25.3 Å². The van der Waals surface area contributed by atoms with Crippen molar-refractivity contribution in [2.24, 2.45) is 13.0 Å². The highest BCUT2D eigenvalue weighted by atomic mass is 35.5. The van der Waals surface area contributed by atoms with Crippen LogP contribution in [-0.4, -0.2) is 59.9 Å². The lowest BCUT2D eigenvalue weighted by Gasteiger charge is -2.27. The van der Waals surface area contributed by atoms with Gasteiger partial charge in [-0.25, -0.2) is 0 Å². The topological polar surface area (TPSA) is 62.2 Å². The van der Waals surface area contributed by atoms with E-state index >= 15 is 0 Å². The molecule has 1 amide bonds. The van der Waals surface area contributed by atoms with Crippen molar-refractivity contribution < 1.29 is 4.79 Å². The van der Waals surface area contributed by atoms with Crippen LogP contribution in [0.5, 0.6) is 0 Å². The summed E-state index contributed by atoms with van der Waals surface area (Å²) in [4.78, 5) is 14.6. The van der Waals surface area contributed by atoms with E-state index in [1.807, 2.05) is 25.6 Å². The van der Waals surface area contributed by atoms with E-state index in [2.05, 4.69) is 27.6 Å². The van der Waals surface area contributed by atoms with Crippen molar-refractivity contribution >= 4 is 30.7 Å². The molecule has 0 spiro atoms. The van der Waals surface area contributed by atoms with E-state index in [-0.39, 0.29) is 36.6 Å². The van der Waals surface area contributed by atoms with E-state index in [9.17, 15) is 4.79 Å². The first kappa shape index (κ1) is 23.2. The molecule has 140 valence electrons. The molecule has 1 aliphatic heterocycles. The maximum Gasteiger partial charge on any atom is 0.223 e. The molecule has 0 aromatic carbocycles. The van der Waals surface area contributed by atoms with Gasteiger partial charge in [-0.1, -0.05) is 6.92 Å². The van der Waals surface area contributed by atoms with Crippen LogP contribution in [0.15, 0.2) is 0 Å². The number of hydrogen-bond donors (Lipinski definition) is 2. The number of halogens is 2. The molecule has 1 saturated heterocycles. The molecular weight excluding hydrogens is 349 g/mol. The monoisotopic (exact) mass is 379 g/mol. The minimum atomic E-state index is -0.0235. The quantitative estimate of drug-likeness (QED) is 0.776. The summed E-state index contributed by atoms with van der Waals surface area (Å²) in [5.74, 6) is 0.113. The van der Waals surface area contributed by atoms with Crippen LogP contribution >= 0.6 is 24.8 Å². The van der Waals surface area contributed by atoms with Gasteiger partial charge in [0.05, 0.1) is 5.69 Å². The smallest absolute Gasteiger partial charge is 0.223 e. The zero-order valence-electron chi connectivity index (χ0n) is 15.1. The average molecular weight is 380 g/mol. The first-order valence-electron chi connectivity index (χ1n) is 8.19. The fraction of sp³-hybridized carbons (Fsp3) is 0.750. The molecule has 24 heavy (non-hydrogen) atoms. The molecule has 1 fully saturated rings. The van der Waals surface area contributed by atoms with Crippen molar-refractivity contribution in [2.75, 3.05) is 39.3 Å². The van der Waals surface area contributed by atoms with Crippen molar-refractivity contribution in [3.05, 3.63) is 17.0 Å². The fourth-order valence-electron chi connectivity index (χ4n) is 2.96. The zero-order chi connectivity index (χ0) is 16.1. The summed E-state index contributed by atoms with van der Waals surface area (Å²) in [6.07, 6.45) is 0.755. The molecule has 0 bridgehead atoms. The minimum Gasteiger partial charge on any atom is -0.355 e. The van der Waals surface area contributed by atoms with Crippen molar-refractivity contribution in [3.8, 4) is 0 Å². The third kappa shape index (κ3) is 6.24. The first-order chi connectivity index (χ1) is 10.5. The van der Waals surface area contributed by atoms with Gasteiger partial charge in [0.25, 0.3) is 0 Å². The van der Waals surface area contributed by atoms with E-state index in [0.717, 1.165) is 57.1 Å². The van der Waals surface area contributed by atoms with Gasteiger partial charge in [0.1, 0.15) is 0 Å². The molecule has 0 aliphatic carbocycles. The molecule has 1 aromatic heterocycles. The maximum absolute atomic E-state index is 12.2. The minimum absolute atomic E-state index is 0. The van der Waals surface area contributed by atoms with Gasteiger partial charge in [0.15, 0.2) is 0 Å². The number of nitrogens with one attached hydrogen (secondary N) is 2. The Hall–Kier alpha value is -0.820. The second kappa shape index (κ2) is 10.9. The van der Waals surface area contributed by atoms with Gasteiger partial charge in [0.2, 0.25) is 5.91 Å². The van der Waals surface area contributed by atoms with Crippen LogP contribution in [0.3, 0.4) is 0 Å². The highest BCUT2D eigenvalue weighted by Crippen LogP contribution is 2.16. The number of piperazine rings is 1. The largest absolute Gasteiger partial charge is 0.355 e. The van der Waals surface area contributed by atoms with Crippen LogP contribution in [0, 0.1) is 19.8 Å². The third-order valence-electron chi connectivity index (χ3n) is 4.55. The summed E-state index contributed by atoms with van der Waals surface area (Å²) in [5.41, 5.74) is 3.38. The molecule has 1 unspecified atom stereocenters. The summed E-state index contributed by atoms with van der Waals surface area (Å²) in [6, 6.07) is 0. The van der Waals surface area contributed by atoms with Crippen molar-refractivity contribution in [3.63, 3.8) is 0 Å². The Bertz CT molecular complexity index is 515. The molecule has 2 N–H and O–H groups in total. The Morgan fingerprint density at radius 2 is 1.92 bits per heavy atom. The zero-order valence-corrected chi connectivity index (χ0v) is 16.7. The lowest BCUT2D eigenvalue weighted by molar-refractivity contribution is -0.124. The first-order valence-corrected chi connectivity index (χ1v) is 8.19. The predicted molar refractivity (Wildman–Crippen MR) is 102 cm³/mol. The van der Waals surface area contributed by atoms with Crippen LogP contribution in [0.4, 0.5) is 0 Å². The summed E-state index contributed by atoms with van der Waals surface area (Å²) in [5, 5.41) is 10.8. The Balaban J connectivity index is 0.00000264. The van der Waals surface area contributed by atoms with Crippen LogP contribution in [-0.2, 0) is 18.3 Å². The van der Waals surface area contributed by atoms with Gasteiger partial charge in [-0.05, 0) is 25.8 Å². The van der Waals surface area contributed by atoms with E-state index in [0.29, 0.717) is 0 Å². The van der Waals surface area contributed by atoms with E-state index in [1.54, 1.807) is 0 Å². The number of aryl methyl sites for hydroxylation is 2. The summed E-state index contributed by atoms with van der Waals surface area (Å²) < 4.78 is 1.89. The predicted octanol–water partition coefficient (Wildman–Crippen LogP) is 1.08. The molecule has 1 atom stereocenters. The number of hydrogen-bond acceptors (Lipinski definition) is 4. The molecule has 6 nitrogen and oxygen atoms in total. The fourth-order valence-corrected chi connectivity index (χ4v) is 2.96. The number of carbonyl (C=O) groups is 1. The summed E-state index contributed by atoms with van der Waals surface area (Å²) >= 11 is 0. The van der Waals surface area contributed by atoms with Crippen molar-refractivity contribution in [2.45, 2.75) is 27.2 Å². The second-order valence-electron chi connectivity index (χ2n) is 6.26. The lowest BCUT2D eigenvalue weighted by atomic mass is 9.99. The Morgan fingerprint density at radius 3 is 2.46 bits per heavy atom. The number of rotatable bonds is 6. The number of nitrogens with zero attached hydrogens (tertiary/aromatic N) is 3. The molecule has 1 aromatic rings. The molecule has 8 heteroatoms. The average Bonchev–Trinajstić information content (AvgIpc) is 2.74. The molecule has 1 aliphatic rings. The van der Waals surface area contributed by atoms with Gasteiger partial charge in [-0.2, -0.15) is 5.10 Å². The van der Waals surface area contributed by atoms with Gasteiger partial charge in [-0.3, -0.25) is 14.4 Å². The highest BCUT2D eigenvalue weighted by Gasteiger charge is 2.18. The van der Waals surface area contributed by atoms with E-state index < -0.39 is 0 Å². The van der Waals surface area contributed by atoms with Crippen LogP contribution in [0.1, 0.15) is 23.9 Å². The van der Waals surface area contributed by atoms with Gasteiger partial charge < -0.3 is 10.6 Å². The molecular formula is C16H31Cl2N5O. The summed E-state index contributed by atoms with van der Waals surface area (Å²) in [6.45, 7) is 12.0. The standard InChI is InChI=1S/C16H29N5O.2ClH/c1-12(11-15-13(2)19-20(4)14(15)3)16(22)18-7-10-21-8-5-17-6-9-21;;/h12,17H,5-11H2,1-4H3,(H,18,22);2*1H. The molecule has 0 radical (unpaired) electrons. The Labute approximate surface area is 157 Å². The van der Waals surface area contributed by atoms with Gasteiger partial charge >= 0.3 is 0 Å². The van der Waals surface area contributed by atoms with Crippen LogP contribution in [0.2, 0.25) is 0 Å². The van der Waals surface area contributed by atoms with E-state index in [1.165, 1.54) is 5.56 Å². The molecule has 0 saturated carbocycles. The molecule has 2 rings (SSSR count).